The Hall–Kier alpha value is -9.11. The van der Waals surface area contributed by atoms with Crippen molar-refractivity contribution in [1.29, 1.82) is 0 Å². The molecule has 19 atom stereocenters. The number of aryl methyl sites for hydroxylation is 1. The quantitative estimate of drug-likeness (QED) is 0.0279. The standard InChI is InChI=1S/C71H79Cl2N9O21/c1-39-29-80(77-74-39)32-53-40(2)59(98-64(86)47-21-13-9-14-22-47)61(100-66(88)49-25-17-11-18-26-49)69(95-53)91-35-51-30-81(78-75-51)33-54-41(3)60(99-65(87)48-23-15-10-16-24-48)62(101-67(89)50-27-19-12-20-28-50)70(96-54)92-36-52-31-82(79-76-52)34-55-42(4)63(94-46(8)85)71(38-72,102-55)103-68-43(5)58(93-45(7)84)57(73)56(97-68)37-90-44(6)83/h9-31,40-43,53-63,68-70H,32-38H2,1-8H3/t40-,41-,42-,43?,53-,54-,55-,56-,57+,58-,59+,60+,61+,62+,63+,68?,69+,70+,71?/m1/s1. The molecular weight excluding hydrogens is 1390 g/mol. The molecule has 3 aromatic heterocycles. The number of halogens is 2. The first-order chi connectivity index (χ1) is 49.5. The zero-order valence-corrected chi connectivity index (χ0v) is 59.0. The summed E-state index contributed by atoms with van der Waals surface area (Å²) >= 11 is 13.5. The molecule has 11 rings (SSSR count). The van der Waals surface area contributed by atoms with E-state index in [0.29, 0.717) is 5.69 Å². The minimum absolute atomic E-state index is 0.0205. The van der Waals surface area contributed by atoms with Crippen LogP contribution in [0.3, 0.4) is 0 Å². The molecule has 103 heavy (non-hydrogen) atoms. The van der Waals surface area contributed by atoms with Gasteiger partial charge in [-0.05, 0) is 55.5 Å². The summed E-state index contributed by atoms with van der Waals surface area (Å²) in [7, 11) is 0. The summed E-state index contributed by atoms with van der Waals surface area (Å²) in [5.41, 5.74) is 2.07. The second-order valence-electron chi connectivity index (χ2n) is 25.6. The molecule has 0 saturated carbocycles. The Morgan fingerprint density at radius 1 is 0.456 bits per heavy atom. The van der Waals surface area contributed by atoms with Crippen molar-refractivity contribution in [3.8, 4) is 0 Å². The monoisotopic (exact) mass is 1460 g/mol. The van der Waals surface area contributed by atoms with E-state index in [1.165, 1.54) is 30.1 Å². The maximum Gasteiger partial charge on any atom is 0.338 e. The summed E-state index contributed by atoms with van der Waals surface area (Å²) in [6.45, 7) is 11.6. The van der Waals surface area contributed by atoms with Crippen LogP contribution < -0.4 is 0 Å². The molecule has 0 amide bonds. The Bertz CT molecular complexity index is 4030. The molecule has 548 valence electrons. The molecule has 7 aromatic rings. The van der Waals surface area contributed by atoms with Gasteiger partial charge < -0.3 is 66.3 Å². The summed E-state index contributed by atoms with van der Waals surface area (Å²) in [4.78, 5) is 93.3. The van der Waals surface area contributed by atoms with Crippen molar-refractivity contribution in [3.05, 3.63) is 179 Å². The molecule has 7 heterocycles. The lowest BCUT2D eigenvalue weighted by atomic mass is 9.90. The molecule has 0 N–H and O–H groups in total. The predicted molar refractivity (Wildman–Crippen MR) is 356 cm³/mol. The van der Waals surface area contributed by atoms with Gasteiger partial charge >= 0.3 is 41.8 Å². The molecule has 4 saturated heterocycles. The van der Waals surface area contributed by atoms with Crippen LogP contribution in [-0.2, 0) is 114 Å². The first-order valence-corrected chi connectivity index (χ1v) is 34.4. The number of rotatable bonds is 27. The van der Waals surface area contributed by atoms with Crippen LogP contribution in [0.5, 0.6) is 0 Å². The van der Waals surface area contributed by atoms with Crippen molar-refractivity contribution in [1.82, 2.24) is 45.0 Å². The highest BCUT2D eigenvalue weighted by Crippen LogP contribution is 2.45. The Morgan fingerprint density at radius 3 is 1.25 bits per heavy atom. The van der Waals surface area contributed by atoms with E-state index in [-0.39, 0.29) is 73.1 Å². The number of hydrogen-bond acceptors (Lipinski definition) is 27. The van der Waals surface area contributed by atoms with Crippen LogP contribution in [0.4, 0.5) is 0 Å². The Balaban J connectivity index is 0.839. The van der Waals surface area contributed by atoms with Gasteiger partial charge in [0.25, 0.3) is 0 Å². The van der Waals surface area contributed by atoms with Gasteiger partial charge in [-0.2, -0.15) is 0 Å². The average Bonchev–Trinajstić information content (AvgIpc) is 1.63. The summed E-state index contributed by atoms with van der Waals surface area (Å²) in [5.74, 6) is -9.84. The van der Waals surface area contributed by atoms with E-state index in [4.69, 9.17) is 89.5 Å². The van der Waals surface area contributed by atoms with Gasteiger partial charge in [-0.1, -0.05) is 116 Å². The van der Waals surface area contributed by atoms with E-state index in [2.05, 4.69) is 30.9 Å². The van der Waals surface area contributed by atoms with Crippen LogP contribution in [0.2, 0.25) is 0 Å². The largest absolute Gasteiger partial charge is 0.463 e. The van der Waals surface area contributed by atoms with E-state index in [9.17, 15) is 33.6 Å². The van der Waals surface area contributed by atoms with Gasteiger partial charge in [0, 0.05) is 50.6 Å². The predicted octanol–water partition coefficient (Wildman–Crippen LogP) is 7.21. The maximum absolute atomic E-state index is 14.2. The first kappa shape index (κ1) is 75.1. The third-order valence-electron chi connectivity index (χ3n) is 18.1. The Kier molecular flexibility index (Phi) is 24.8. The topological polar surface area (TPSA) is 341 Å². The smallest absolute Gasteiger partial charge is 0.338 e. The zero-order valence-electron chi connectivity index (χ0n) is 57.5. The van der Waals surface area contributed by atoms with Crippen molar-refractivity contribution in [2.45, 2.75) is 179 Å². The van der Waals surface area contributed by atoms with Gasteiger partial charge in [0.2, 0.25) is 5.79 Å². The second-order valence-corrected chi connectivity index (χ2v) is 26.4. The fourth-order valence-electron chi connectivity index (χ4n) is 12.7. The summed E-state index contributed by atoms with van der Waals surface area (Å²) in [5, 5.41) is 25.0. The average molecular weight is 1470 g/mol. The van der Waals surface area contributed by atoms with Gasteiger partial charge in [-0.3, -0.25) is 14.4 Å². The van der Waals surface area contributed by atoms with Crippen molar-refractivity contribution in [3.63, 3.8) is 0 Å². The van der Waals surface area contributed by atoms with E-state index >= 15 is 0 Å². The van der Waals surface area contributed by atoms with Gasteiger partial charge in [-0.25, -0.2) is 33.2 Å². The third kappa shape index (κ3) is 18.5. The molecule has 0 radical (unpaired) electrons. The molecule has 3 unspecified atom stereocenters. The number of carbonyl (C=O) groups excluding carboxylic acids is 7. The minimum Gasteiger partial charge on any atom is -0.463 e. The molecule has 32 heteroatoms. The van der Waals surface area contributed by atoms with Gasteiger partial charge in [-0.15, -0.1) is 38.5 Å². The van der Waals surface area contributed by atoms with Gasteiger partial charge in [0.05, 0.1) is 97.4 Å². The van der Waals surface area contributed by atoms with Crippen LogP contribution in [0.15, 0.2) is 140 Å². The highest BCUT2D eigenvalue weighted by atomic mass is 35.5. The molecule has 4 fully saturated rings. The van der Waals surface area contributed by atoms with Crippen LogP contribution in [-0.4, -0.2) is 190 Å². The summed E-state index contributed by atoms with van der Waals surface area (Å²) in [6, 6.07) is 33.2. The highest BCUT2D eigenvalue weighted by Gasteiger charge is 2.60. The zero-order chi connectivity index (χ0) is 73.1. The molecule has 0 spiro atoms. The van der Waals surface area contributed by atoms with E-state index in [1.807, 2.05) is 6.92 Å². The Labute approximate surface area is 601 Å². The minimum atomic E-state index is -1.88. The third-order valence-corrected chi connectivity index (χ3v) is 19.0. The number of esters is 7. The Morgan fingerprint density at radius 2 is 0.854 bits per heavy atom. The van der Waals surface area contributed by atoms with Gasteiger partial charge in [0.1, 0.15) is 47.8 Å². The fraction of sp³-hybridized carbons (Fsp3) is 0.479. The lowest BCUT2D eigenvalue weighted by molar-refractivity contribution is -0.350. The molecule has 4 aliphatic rings. The summed E-state index contributed by atoms with van der Waals surface area (Å²) in [6.07, 6.45) is -9.98. The number of aromatic nitrogens is 9. The van der Waals surface area contributed by atoms with Crippen LogP contribution in [0, 0.1) is 30.6 Å². The molecule has 0 aliphatic carbocycles. The normalized spacial score (nSPS) is 29.0. The number of carbonyl (C=O) groups is 7. The van der Waals surface area contributed by atoms with Crippen molar-refractivity contribution < 1.29 is 99.9 Å². The van der Waals surface area contributed by atoms with Crippen molar-refractivity contribution >= 4 is 65.0 Å². The lowest BCUT2D eigenvalue weighted by Gasteiger charge is -2.45. The van der Waals surface area contributed by atoms with Crippen LogP contribution in [0.25, 0.3) is 0 Å². The van der Waals surface area contributed by atoms with Crippen molar-refractivity contribution in [2.24, 2.45) is 23.7 Å². The van der Waals surface area contributed by atoms with Crippen molar-refractivity contribution in [2.75, 3.05) is 12.5 Å². The summed E-state index contributed by atoms with van der Waals surface area (Å²) < 4.78 is 92.4. The van der Waals surface area contributed by atoms with E-state index in [1.54, 1.807) is 172 Å². The molecule has 4 aromatic carbocycles. The number of nitrogens with zero attached hydrogens (tertiary/aromatic N) is 9. The van der Waals surface area contributed by atoms with E-state index in [0.717, 1.165) is 0 Å². The first-order valence-electron chi connectivity index (χ1n) is 33.4. The van der Waals surface area contributed by atoms with Crippen LogP contribution >= 0.6 is 23.2 Å². The van der Waals surface area contributed by atoms with E-state index < -0.39 is 162 Å². The number of hydrogen-bond donors (Lipinski definition) is 0. The van der Waals surface area contributed by atoms with Gasteiger partial charge in [0.15, 0.2) is 37.2 Å². The number of benzene rings is 4. The molecule has 0 bridgehead atoms. The number of alkyl halides is 2. The molecular formula is C71H79Cl2N9O21. The number of ether oxygens (including phenoxy) is 14. The second kappa shape index (κ2) is 34.0. The maximum atomic E-state index is 14.2. The fourth-order valence-corrected chi connectivity index (χ4v) is 13.4. The molecule has 30 nitrogen and oxygen atoms in total. The highest BCUT2D eigenvalue weighted by molar-refractivity contribution is 6.21. The SMILES string of the molecule is CC(=O)OC[C@H]1OC(OC2(CCl)O[C@H](Cn3cc(CO[C@H]4O[C@H](Cn5cc(CO[C@H]6O[C@H](Cn7cc(C)nn7)[C@@H](C)[C@H](OC(=O)c7ccccc7)[C@@H]6OC(=O)c6ccccc6)nn5)[C@@H](C)[C@H](OC(=O)c5ccccc5)[C@@H]4OC(=O)c4ccccc4)nn3)[C@@H](C)[C@@H]2OC(C)=O)C(C)[C@@H](OC(C)=O)[C@H]1Cl. The lowest BCUT2D eigenvalue weighted by Crippen LogP contribution is -2.59. The molecule has 4 aliphatic heterocycles. The van der Waals surface area contributed by atoms with Crippen LogP contribution in [0.1, 0.15) is 107 Å².